The van der Waals surface area contributed by atoms with Gasteiger partial charge in [-0.25, -0.2) is 14.6 Å². The minimum absolute atomic E-state index is 0.0262. The average Bonchev–Trinajstić information content (AvgIpc) is 3.08. The van der Waals surface area contributed by atoms with Gasteiger partial charge in [-0.2, -0.15) is 0 Å². The van der Waals surface area contributed by atoms with E-state index < -0.39 is 72.4 Å². The third kappa shape index (κ3) is 9.06. The molecule has 0 unspecified atom stereocenters. The molecule has 4 rings (SSSR count). The predicted octanol–water partition coefficient (Wildman–Crippen LogP) is 3.99. The molecule has 13 nitrogen and oxygen atoms in total. The number of carbonyl (C=O) groups excluding carboxylic acids is 5. The van der Waals surface area contributed by atoms with Crippen molar-refractivity contribution in [3.05, 3.63) is 83.7 Å². The summed E-state index contributed by atoms with van der Waals surface area (Å²) in [4.78, 5) is 69.6. The summed E-state index contributed by atoms with van der Waals surface area (Å²) in [5, 5.41) is 2.43. The Bertz CT molecular complexity index is 1590. The van der Waals surface area contributed by atoms with Gasteiger partial charge in [0.05, 0.1) is 13.0 Å². The molecule has 47 heavy (non-hydrogen) atoms. The zero-order valence-corrected chi connectivity index (χ0v) is 26.6. The molecule has 1 saturated heterocycles. The molecule has 248 valence electrons. The number of hydrogen-bond donors (Lipinski definition) is 1. The van der Waals surface area contributed by atoms with Gasteiger partial charge in [0.1, 0.15) is 24.4 Å². The number of nitrogens with one attached hydrogen (secondary N) is 1. The second-order valence-corrected chi connectivity index (χ2v) is 11.1. The highest BCUT2D eigenvalue weighted by Gasteiger charge is 2.42. The lowest BCUT2D eigenvalue weighted by molar-refractivity contribution is -0.176. The van der Waals surface area contributed by atoms with Gasteiger partial charge in [0.25, 0.3) is 5.91 Å². The van der Waals surface area contributed by atoms with Crippen molar-refractivity contribution in [3.63, 3.8) is 0 Å². The van der Waals surface area contributed by atoms with Crippen molar-refractivity contribution in [2.45, 2.75) is 52.4 Å². The summed E-state index contributed by atoms with van der Waals surface area (Å²) in [6.45, 7) is 6.02. The van der Waals surface area contributed by atoms with Crippen LogP contribution in [0.25, 0.3) is 0 Å². The van der Waals surface area contributed by atoms with Gasteiger partial charge in [-0.3, -0.25) is 14.4 Å². The molecule has 2 heterocycles. The summed E-state index contributed by atoms with van der Waals surface area (Å²) in [6.07, 6.45) is -2.10. The van der Waals surface area contributed by atoms with E-state index in [-0.39, 0.29) is 23.7 Å². The van der Waals surface area contributed by atoms with Gasteiger partial charge in [0, 0.05) is 12.3 Å². The van der Waals surface area contributed by atoms with Crippen LogP contribution in [-0.2, 0) is 35.0 Å². The summed E-state index contributed by atoms with van der Waals surface area (Å²) in [5.74, 6) is -5.06. The molecule has 4 atom stereocenters. The van der Waals surface area contributed by atoms with E-state index in [1.54, 1.807) is 62.4 Å². The molecule has 0 aliphatic carbocycles. The van der Waals surface area contributed by atoms with Crippen molar-refractivity contribution in [3.8, 4) is 17.2 Å². The number of esters is 3. The Hall–Kier alpha value is -5.46. The molecule has 0 spiro atoms. The minimum Gasteiger partial charge on any atom is -0.493 e. The number of cyclic esters (lactones) is 2. The first-order chi connectivity index (χ1) is 22.5. The Morgan fingerprint density at radius 2 is 1.68 bits per heavy atom. The van der Waals surface area contributed by atoms with E-state index >= 15 is 0 Å². The van der Waals surface area contributed by atoms with Crippen molar-refractivity contribution in [1.29, 1.82) is 0 Å². The molecule has 1 aliphatic heterocycles. The molecule has 13 heteroatoms. The zero-order chi connectivity index (χ0) is 34.1. The van der Waals surface area contributed by atoms with Crippen molar-refractivity contribution in [2.24, 2.45) is 11.8 Å². The highest BCUT2D eigenvalue weighted by atomic mass is 16.7. The first kappa shape index (κ1) is 34.4. The fourth-order valence-corrected chi connectivity index (χ4v) is 4.64. The van der Waals surface area contributed by atoms with Gasteiger partial charge in [-0.15, -0.1) is 0 Å². The summed E-state index contributed by atoms with van der Waals surface area (Å²) in [5.41, 5.74) is 1.28. The van der Waals surface area contributed by atoms with Crippen molar-refractivity contribution in [2.75, 3.05) is 13.7 Å². The van der Waals surface area contributed by atoms with Gasteiger partial charge in [0.15, 0.2) is 23.6 Å². The fraction of sp³-hybridized carbons (Fsp3) is 0.353. The zero-order valence-electron chi connectivity index (χ0n) is 26.6. The maximum atomic E-state index is 13.5. The Balaban J connectivity index is 1.56. The Morgan fingerprint density at radius 1 is 0.979 bits per heavy atom. The molecule has 0 radical (unpaired) electrons. The van der Waals surface area contributed by atoms with Crippen molar-refractivity contribution in [1.82, 2.24) is 10.3 Å². The number of aromatic nitrogens is 1. The number of rotatable bonds is 9. The molecule has 0 bridgehead atoms. The number of methoxy groups -OCH3 is 1. The SMILES string of the molecule is COc1ccnc(C(=O)N[C@H]2COC(=O)[C@H](Cc3ccccc3)[C@@H](OC(=O)C(C)C)[C@H](C)OC2=O)c1OC(=O)Oc1ccc(C)cc1. The van der Waals surface area contributed by atoms with E-state index in [1.807, 2.05) is 13.0 Å². The first-order valence-corrected chi connectivity index (χ1v) is 14.9. The van der Waals surface area contributed by atoms with Gasteiger partial charge >= 0.3 is 24.1 Å². The number of carbonyl (C=O) groups is 5. The molecule has 1 aliphatic rings. The van der Waals surface area contributed by atoms with E-state index in [4.69, 9.17) is 28.4 Å². The van der Waals surface area contributed by atoms with Crippen LogP contribution in [0.2, 0.25) is 0 Å². The normalized spacial score (nSPS) is 19.6. The van der Waals surface area contributed by atoms with E-state index in [2.05, 4.69) is 10.3 Å². The molecule has 3 aromatic rings. The van der Waals surface area contributed by atoms with E-state index in [1.165, 1.54) is 26.3 Å². The van der Waals surface area contributed by atoms with E-state index in [0.29, 0.717) is 0 Å². The number of aryl methyl sites for hydroxylation is 1. The maximum absolute atomic E-state index is 13.5. The number of benzene rings is 2. The van der Waals surface area contributed by atoms with Crippen LogP contribution in [0.1, 0.15) is 42.4 Å². The largest absolute Gasteiger partial charge is 0.519 e. The number of pyridine rings is 1. The van der Waals surface area contributed by atoms with Crippen LogP contribution >= 0.6 is 0 Å². The number of ether oxygens (including phenoxy) is 6. The maximum Gasteiger partial charge on any atom is 0.519 e. The van der Waals surface area contributed by atoms with Gasteiger partial charge in [-0.05, 0) is 38.0 Å². The smallest absolute Gasteiger partial charge is 0.493 e. The lowest BCUT2D eigenvalue weighted by atomic mass is 9.91. The van der Waals surface area contributed by atoms with Crippen LogP contribution in [-0.4, -0.2) is 66.9 Å². The third-order valence-corrected chi connectivity index (χ3v) is 7.18. The highest BCUT2D eigenvalue weighted by Crippen LogP contribution is 2.31. The molecular weight excluding hydrogens is 612 g/mol. The monoisotopic (exact) mass is 648 g/mol. The summed E-state index contributed by atoms with van der Waals surface area (Å²) in [6, 6.07) is 15.5. The van der Waals surface area contributed by atoms with E-state index in [0.717, 1.165) is 11.1 Å². The van der Waals surface area contributed by atoms with Crippen molar-refractivity contribution < 1.29 is 52.4 Å². The number of nitrogens with zero attached hydrogens (tertiary/aromatic N) is 1. The van der Waals surface area contributed by atoms with Gasteiger partial charge in [-0.1, -0.05) is 61.9 Å². The first-order valence-electron chi connectivity index (χ1n) is 14.9. The highest BCUT2D eigenvalue weighted by molar-refractivity contribution is 5.98. The molecule has 1 fully saturated rings. The molecule has 1 aromatic heterocycles. The summed E-state index contributed by atoms with van der Waals surface area (Å²) >= 11 is 0. The van der Waals surface area contributed by atoms with E-state index in [9.17, 15) is 24.0 Å². The van der Waals surface area contributed by atoms with Crippen LogP contribution in [0, 0.1) is 18.8 Å². The average molecular weight is 649 g/mol. The second-order valence-electron chi connectivity index (χ2n) is 11.1. The Morgan fingerprint density at radius 3 is 2.34 bits per heavy atom. The minimum atomic E-state index is -1.51. The van der Waals surface area contributed by atoms with Crippen LogP contribution in [0.15, 0.2) is 66.9 Å². The second kappa shape index (κ2) is 15.7. The van der Waals surface area contributed by atoms with Crippen molar-refractivity contribution >= 4 is 30.0 Å². The van der Waals surface area contributed by atoms with Crippen LogP contribution in [0.5, 0.6) is 17.2 Å². The van der Waals surface area contributed by atoms with Crippen LogP contribution in [0.4, 0.5) is 4.79 Å². The lowest BCUT2D eigenvalue weighted by Gasteiger charge is -2.29. The van der Waals surface area contributed by atoms with Crippen LogP contribution in [0.3, 0.4) is 0 Å². The van der Waals surface area contributed by atoms with Crippen LogP contribution < -0.4 is 19.5 Å². The van der Waals surface area contributed by atoms with Gasteiger partial charge < -0.3 is 33.7 Å². The third-order valence-electron chi connectivity index (χ3n) is 7.18. The molecule has 1 amide bonds. The summed E-state index contributed by atoms with van der Waals surface area (Å²) < 4.78 is 32.6. The topological polar surface area (TPSA) is 166 Å². The molecule has 0 saturated carbocycles. The number of amides is 1. The Labute approximate surface area is 271 Å². The molecule has 1 N–H and O–H groups in total. The quantitative estimate of drug-likeness (QED) is 0.202. The fourth-order valence-electron chi connectivity index (χ4n) is 4.64. The Kier molecular flexibility index (Phi) is 11.5. The summed E-state index contributed by atoms with van der Waals surface area (Å²) in [7, 11) is 1.29. The van der Waals surface area contributed by atoms with Gasteiger partial charge in [0.2, 0.25) is 5.75 Å². The predicted molar refractivity (Wildman–Crippen MR) is 165 cm³/mol. The molecule has 2 aromatic carbocycles. The number of hydrogen-bond acceptors (Lipinski definition) is 12. The lowest BCUT2D eigenvalue weighted by Crippen LogP contribution is -2.47. The standard InChI is InChI=1S/C34H36N2O11/c1-19(2)31(38)46-28-21(4)44-33(40)25(18-43-32(39)24(28)17-22-9-7-6-8-10-22)36-30(37)27-29(26(42-5)15-16-35-27)47-34(41)45-23-13-11-20(3)12-14-23/h6-16,19,21,24-25,28H,17-18H2,1-5H3,(H,36,37)/t21-,24+,25-,28-/m0/s1. The molecular formula is C34H36N2O11.